The summed E-state index contributed by atoms with van der Waals surface area (Å²) in [5.41, 5.74) is 6.20. The van der Waals surface area contributed by atoms with Crippen molar-refractivity contribution in [3.05, 3.63) is 28.3 Å². The average Bonchev–Trinajstić information content (AvgIpc) is 2.36. The van der Waals surface area contributed by atoms with Crippen molar-refractivity contribution in [2.24, 2.45) is 0 Å². The molecular formula is C12H18N4O3. The van der Waals surface area contributed by atoms with Gasteiger partial charge in [0.2, 0.25) is 5.91 Å². The summed E-state index contributed by atoms with van der Waals surface area (Å²) < 4.78 is 0. The third-order valence-electron chi connectivity index (χ3n) is 2.48. The number of amides is 1. The molecular weight excluding hydrogens is 248 g/mol. The van der Waals surface area contributed by atoms with Crippen LogP contribution in [0.15, 0.2) is 18.2 Å². The fourth-order valence-electron chi connectivity index (χ4n) is 1.50. The third kappa shape index (κ3) is 4.82. The van der Waals surface area contributed by atoms with Gasteiger partial charge in [-0.3, -0.25) is 14.9 Å². The minimum Gasteiger partial charge on any atom is -0.393 e. The molecule has 0 aliphatic heterocycles. The fraction of sp³-hybridized carbons (Fsp3) is 0.417. The van der Waals surface area contributed by atoms with E-state index in [2.05, 4.69) is 10.6 Å². The van der Waals surface area contributed by atoms with Crippen LogP contribution in [0.1, 0.15) is 19.8 Å². The average molecular weight is 266 g/mol. The molecule has 0 fully saturated rings. The van der Waals surface area contributed by atoms with E-state index < -0.39 is 4.92 Å². The third-order valence-corrected chi connectivity index (χ3v) is 2.48. The summed E-state index contributed by atoms with van der Waals surface area (Å²) in [6.07, 6.45) is 1.24. The Hall–Kier alpha value is -2.31. The number of carbonyl (C=O) groups excluding carboxylic acids is 1. The lowest BCUT2D eigenvalue weighted by molar-refractivity contribution is -0.383. The van der Waals surface area contributed by atoms with Crippen LogP contribution in [0, 0.1) is 10.1 Å². The summed E-state index contributed by atoms with van der Waals surface area (Å²) >= 11 is 0. The molecule has 0 radical (unpaired) electrons. The number of nitrogens with two attached hydrogens (primary N) is 1. The van der Waals surface area contributed by atoms with Gasteiger partial charge < -0.3 is 16.4 Å². The summed E-state index contributed by atoms with van der Waals surface area (Å²) in [5.74, 6) is -0.0239. The molecule has 0 saturated carbocycles. The Morgan fingerprint density at radius 2 is 2.16 bits per heavy atom. The lowest BCUT2D eigenvalue weighted by atomic mass is 10.2. The minimum atomic E-state index is -0.530. The monoisotopic (exact) mass is 266 g/mol. The topological polar surface area (TPSA) is 110 Å². The van der Waals surface area contributed by atoms with Crippen molar-refractivity contribution in [1.29, 1.82) is 0 Å². The smallest absolute Gasteiger partial charge is 0.292 e. The van der Waals surface area contributed by atoms with Gasteiger partial charge in [0.25, 0.3) is 5.69 Å². The molecule has 104 valence electrons. The molecule has 0 aliphatic rings. The van der Waals surface area contributed by atoms with E-state index in [1.165, 1.54) is 12.1 Å². The van der Waals surface area contributed by atoms with Crippen molar-refractivity contribution in [2.45, 2.75) is 19.8 Å². The normalized spacial score (nSPS) is 9.95. The van der Waals surface area contributed by atoms with Gasteiger partial charge in [0.05, 0.1) is 4.92 Å². The van der Waals surface area contributed by atoms with E-state index in [4.69, 9.17) is 5.73 Å². The number of rotatable bonds is 7. The van der Waals surface area contributed by atoms with Crippen molar-refractivity contribution in [3.63, 3.8) is 0 Å². The van der Waals surface area contributed by atoms with Gasteiger partial charge in [-0.2, -0.15) is 0 Å². The van der Waals surface area contributed by atoms with E-state index in [1.54, 1.807) is 6.07 Å². The standard InChI is InChI=1S/C12H18N4O3/c1-2-6-15-12(17)5-7-14-9-3-4-11(16(18)19)10(13)8-9/h3-4,8,14H,2,5-7,13H2,1H3,(H,15,17). The predicted octanol–water partition coefficient (Wildman–Crippen LogP) is 1.51. The summed E-state index contributed by atoms with van der Waals surface area (Å²) in [4.78, 5) is 21.4. The number of hydrogen-bond acceptors (Lipinski definition) is 5. The van der Waals surface area contributed by atoms with Gasteiger partial charge in [-0.25, -0.2) is 0 Å². The predicted molar refractivity (Wildman–Crippen MR) is 73.9 cm³/mol. The van der Waals surface area contributed by atoms with Crippen molar-refractivity contribution >= 4 is 23.0 Å². The van der Waals surface area contributed by atoms with Crippen LogP contribution in [0.3, 0.4) is 0 Å². The molecule has 19 heavy (non-hydrogen) atoms. The number of nitrogen functional groups attached to an aromatic ring is 1. The van der Waals surface area contributed by atoms with E-state index in [0.29, 0.717) is 25.2 Å². The van der Waals surface area contributed by atoms with E-state index in [9.17, 15) is 14.9 Å². The van der Waals surface area contributed by atoms with E-state index in [-0.39, 0.29) is 17.3 Å². The summed E-state index contributed by atoms with van der Waals surface area (Å²) in [5, 5.41) is 16.3. The van der Waals surface area contributed by atoms with E-state index in [0.717, 1.165) is 6.42 Å². The maximum absolute atomic E-state index is 11.3. The lowest BCUT2D eigenvalue weighted by Gasteiger charge is -2.07. The number of nitro benzene ring substituents is 1. The van der Waals surface area contributed by atoms with Crippen LogP contribution < -0.4 is 16.4 Å². The van der Waals surface area contributed by atoms with Crippen molar-refractivity contribution in [3.8, 4) is 0 Å². The molecule has 1 aromatic rings. The highest BCUT2D eigenvalue weighted by molar-refractivity contribution is 5.76. The second kappa shape index (κ2) is 7.20. The molecule has 1 rings (SSSR count). The molecule has 0 atom stereocenters. The summed E-state index contributed by atoms with van der Waals surface area (Å²) in [7, 11) is 0. The van der Waals surface area contributed by atoms with Crippen molar-refractivity contribution in [2.75, 3.05) is 24.1 Å². The zero-order valence-electron chi connectivity index (χ0n) is 10.8. The SMILES string of the molecule is CCCNC(=O)CCNc1ccc([N+](=O)[O-])c(N)c1. The number of anilines is 2. The Bertz CT molecular complexity index is 462. The Morgan fingerprint density at radius 1 is 1.42 bits per heavy atom. The van der Waals surface area contributed by atoms with Gasteiger partial charge in [-0.05, 0) is 18.6 Å². The van der Waals surface area contributed by atoms with Crippen LogP contribution >= 0.6 is 0 Å². The molecule has 0 spiro atoms. The molecule has 0 bridgehead atoms. The van der Waals surface area contributed by atoms with Crippen molar-refractivity contribution in [1.82, 2.24) is 5.32 Å². The van der Waals surface area contributed by atoms with Crippen LogP contribution in [0.4, 0.5) is 17.1 Å². The minimum absolute atomic E-state index is 0.0239. The number of nitro groups is 1. The number of hydrogen-bond donors (Lipinski definition) is 3. The number of nitrogens with zero attached hydrogens (tertiary/aromatic N) is 1. The zero-order valence-corrected chi connectivity index (χ0v) is 10.8. The molecule has 7 heteroatoms. The lowest BCUT2D eigenvalue weighted by Crippen LogP contribution is -2.25. The maximum atomic E-state index is 11.3. The van der Waals surface area contributed by atoms with Gasteiger partial charge in [0, 0.05) is 31.3 Å². The first-order chi connectivity index (χ1) is 9.04. The molecule has 1 amide bonds. The van der Waals surface area contributed by atoms with Crippen molar-refractivity contribution < 1.29 is 9.72 Å². The Morgan fingerprint density at radius 3 is 2.74 bits per heavy atom. The number of benzene rings is 1. The first-order valence-corrected chi connectivity index (χ1v) is 6.09. The molecule has 0 unspecified atom stereocenters. The molecule has 0 heterocycles. The van der Waals surface area contributed by atoms with Gasteiger partial charge in [-0.15, -0.1) is 0 Å². The second-order valence-electron chi connectivity index (χ2n) is 4.06. The summed E-state index contributed by atoms with van der Waals surface area (Å²) in [6, 6.07) is 4.40. The molecule has 0 saturated heterocycles. The van der Waals surface area contributed by atoms with Gasteiger partial charge in [0.1, 0.15) is 5.69 Å². The Balaban J connectivity index is 2.44. The van der Waals surface area contributed by atoms with E-state index in [1.807, 2.05) is 6.92 Å². The highest BCUT2D eigenvalue weighted by Gasteiger charge is 2.10. The van der Waals surface area contributed by atoms with Crippen LogP contribution in [-0.4, -0.2) is 23.9 Å². The molecule has 1 aromatic carbocycles. The van der Waals surface area contributed by atoms with Gasteiger partial charge >= 0.3 is 0 Å². The van der Waals surface area contributed by atoms with Gasteiger partial charge in [-0.1, -0.05) is 6.92 Å². The highest BCUT2D eigenvalue weighted by Crippen LogP contribution is 2.24. The van der Waals surface area contributed by atoms with Crippen LogP contribution in [0.25, 0.3) is 0 Å². The molecule has 7 nitrogen and oxygen atoms in total. The Kier molecular flexibility index (Phi) is 5.59. The number of nitrogens with one attached hydrogen (secondary N) is 2. The van der Waals surface area contributed by atoms with Crippen LogP contribution in [0.2, 0.25) is 0 Å². The van der Waals surface area contributed by atoms with E-state index >= 15 is 0 Å². The second-order valence-corrected chi connectivity index (χ2v) is 4.06. The number of carbonyl (C=O) groups is 1. The first-order valence-electron chi connectivity index (χ1n) is 6.09. The highest BCUT2D eigenvalue weighted by atomic mass is 16.6. The molecule has 0 aliphatic carbocycles. The maximum Gasteiger partial charge on any atom is 0.292 e. The van der Waals surface area contributed by atoms with Crippen LogP contribution in [-0.2, 0) is 4.79 Å². The molecule has 4 N–H and O–H groups in total. The van der Waals surface area contributed by atoms with Crippen LogP contribution in [0.5, 0.6) is 0 Å². The fourth-order valence-corrected chi connectivity index (χ4v) is 1.50. The first kappa shape index (κ1) is 14.7. The zero-order chi connectivity index (χ0) is 14.3. The van der Waals surface area contributed by atoms with Gasteiger partial charge in [0.15, 0.2) is 0 Å². The quantitative estimate of drug-likeness (QED) is 0.393. The summed E-state index contributed by atoms with van der Waals surface area (Å²) in [6.45, 7) is 3.11. The largest absolute Gasteiger partial charge is 0.393 e. The Labute approximate surface area is 111 Å². The molecule has 0 aromatic heterocycles.